The van der Waals surface area contributed by atoms with Crippen LogP contribution in [0.1, 0.15) is 27.7 Å². The summed E-state index contributed by atoms with van der Waals surface area (Å²) in [5, 5.41) is 0. The largest absolute Gasteiger partial charge is 0.275 e. The minimum absolute atomic E-state index is 0.0384. The molecule has 1 saturated heterocycles. The first-order valence-electron chi connectivity index (χ1n) is 6.26. The standard InChI is InChI=1S/C12H22N2O2S2/c1-9(2)7-17-13-5-12(16)14(6-11(13)15)18-8-10(3)4/h9-10H,5-8H2,1-4H3. The van der Waals surface area contributed by atoms with Gasteiger partial charge in [-0.2, -0.15) is 0 Å². The number of piperazine rings is 1. The van der Waals surface area contributed by atoms with Crippen LogP contribution >= 0.6 is 23.9 Å². The van der Waals surface area contributed by atoms with Gasteiger partial charge >= 0.3 is 0 Å². The van der Waals surface area contributed by atoms with Gasteiger partial charge in [0.15, 0.2) is 0 Å². The van der Waals surface area contributed by atoms with Gasteiger partial charge in [-0.3, -0.25) is 18.2 Å². The molecule has 104 valence electrons. The van der Waals surface area contributed by atoms with Gasteiger partial charge in [-0.05, 0) is 35.7 Å². The maximum absolute atomic E-state index is 11.9. The lowest BCUT2D eigenvalue weighted by Gasteiger charge is -2.32. The Balaban J connectivity index is 2.44. The van der Waals surface area contributed by atoms with E-state index in [2.05, 4.69) is 27.7 Å². The molecule has 0 radical (unpaired) electrons. The van der Waals surface area contributed by atoms with Gasteiger partial charge in [0, 0.05) is 11.5 Å². The minimum atomic E-state index is 0.0384. The zero-order valence-corrected chi connectivity index (χ0v) is 13.1. The van der Waals surface area contributed by atoms with Crippen LogP contribution in [0.4, 0.5) is 0 Å². The minimum Gasteiger partial charge on any atom is -0.275 e. The molecule has 0 spiro atoms. The number of carbonyl (C=O) groups is 2. The molecule has 1 rings (SSSR count). The number of hydrogen-bond acceptors (Lipinski definition) is 4. The van der Waals surface area contributed by atoms with E-state index in [9.17, 15) is 9.59 Å². The van der Waals surface area contributed by atoms with Crippen LogP contribution in [0.3, 0.4) is 0 Å². The molecule has 0 aromatic rings. The van der Waals surface area contributed by atoms with Gasteiger partial charge in [-0.25, -0.2) is 0 Å². The van der Waals surface area contributed by atoms with Crippen molar-refractivity contribution >= 4 is 35.7 Å². The second kappa shape index (κ2) is 7.28. The zero-order chi connectivity index (χ0) is 13.7. The fourth-order valence-corrected chi connectivity index (χ4v) is 3.06. The second-order valence-corrected chi connectivity index (χ2v) is 7.30. The van der Waals surface area contributed by atoms with Crippen molar-refractivity contribution in [2.75, 3.05) is 24.6 Å². The molecule has 0 bridgehead atoms. The molecule has 0 unspecified atom stereocenters. The van der Waals surface area contributed by atoms with E-state index in [1.165, 1.54) is 23.9 Å². The maximum atomic E-state index is 11.9. The van der Waals surface area contributed by atoms with Crippen molar-refractivity contribution in [2.45, 2.75) is 27.7 Å². The molecule has 0 aromatic carbocycles. The lowest BCUT2D eigenvalue weighted by Crippen LogP contribution is -2.48. The highest BCUT2D eigenvalue weighted by Crippen LogP contribution is 2.23. The topological polar surface area (TPSA) is 40.6 Å². The smallest absolute Gasteiger partial charge is 0.253 e. The van der Waals surface area contributed by atoms with Crippen molar-refractivity contribution < 1.29 is 9.59 Å². The van der Waals surface area contributed by atoms with Crippen molar-refractivity contribution in [3.63, 3.8) is 0 Å². The first-order chi connectivity index (χ1) is 8.40. The Morgan fingerprint density at radius 2 is 1.22 bits per heavy atom. The summed E-state index contributed by atoms with van der Waals surface area (Å²) in [6.07, 6.45) is 0. The predicted molar refractivity (Wildman–Crippen MR) is 78.0 cm³/mol. The third-order valence-corrected chi connectivity index (χ3v) is 5.16. The number of hydrogen-bond donors (Lipinski definition) is 0. The zero-order valence-electron chi connectivity index (χ0n) is 11.5. The van der Waals surface area contributed by atoms with E-state index < -0.39 is 0 Å². The molecular weight excluding hydrogens is 268 g/mol. The molecule has 18 heavy (non-hydrogen) atoms. The first-order valence-corrected chi connectivity index (χ1v) is 8.15. The Bertz CT molecular complexity index is 278. The summed E-state index contributed by atoms with van der Waals surface area (Å²) in [5.41, 5.74) is 0. The normalized spacial score (nSPS) is 17.2. The average Bonchev–Trinajstić information content (AvgIpc) is 2.27. The van der Waals surface area contributed by atoms with E-state index in [-0.39, 0.29) is 24.9 Å². The van der Waals surface area contributed by atoms with Crippen LogP contribution in [-0.4, -0.2) is 45.0 Å². The molecule has 2 amide bonds. The van der Waals surface area contributed by atoms with Crippen molar-refractivity contribution in [1.29, 1.82) is 0 Å². The quantitative estimate of drug-likeness (QED) is 0.704. The highest BCUT2D eigenvalue weighted by atomic mass is 32.2. The molecule has 0 aliphatic carbocycles. The first kappa shape index (κ1) is 15.7. The Labute approximate surface area is 118 Å². The van der Waals surface area contributed by atoms with Crippen molar-refractivity contribution in [1.82, 2.24) is 8.61 Å². The van der Waals surface area contributed by atoms with Crippen LogP contribution in [0.25, 0.3) is 0 Å². The molecule has 4 nitrogen and oxygen atoms in total. The van der Waals surface area contributed by atoms with Crippen molar-refractivity contribution in [3.8, 4) is 0 Å². The van der Waals surface area contributed by atoms with E-state index in [1.807, 2.05) is 0 Å². The van der Waals surface area contributed by atoms with Gasteiger partial charge in [0.2, 0.25) is 0 Å². The summed E-state index contributed by atoms with van der Waals surface area (Å²) in [5.74, 6) is 2.86. The molecule has 0 N–H and O–H groups in total. The summed E-state index contributed by atoms with van der Waals surface area (Å²) in [7, 11) is 0. The third-order valence-electron chi connectivity index (χ3n) is 2.24. The van der Waals surface area contributed by atoms with Crippen LogP contribution in [0, 0.1) is 11.8 Å². The third kappa shape index (κ3) is 5.10. The highest BCUT2D eigenvalue weighted by molar-refractivity contribution is 7.98. The van der Waals surface area contributed by atoms with E-state index in [4.69, 9.17) is 0 Å². The van der Waals surface area contributed by atoms with Crippen molar-refractivity contribution in [3.05, 3.63) is 0 Å². The van der Waals surface area contributed by atoms with Gasteiger partial charge < -0.3 is 0 Å². The fraction of sp³-hybridized carbons (Fsp3) is 0.833. The molecule has 1 heterocycles. The maximum Gasteiger partial charge on any atom is 0.253 e. The number of nitrogens with zero attached hydrogens (tertiary/aromatic N) is 2. The fourth-order valence-electron chi connectivity index (χ4n) is 1.29. The summed E-state index contributed by atoms with van der Waals surface area (Å²) < 4.78 is 3.21. The van der Waals surface area contributed by atoms with Crippen LogP contribution in [-0.2, 0) is 9.59 Å². The van der Waals surface area contributed by atoms with Crippen LogP contribution < -0.4 is 0 Å². The summed E-state index contributed by atoms with van der Waals surface area (Å²) in [6.45, 7) is 8.84. The molecular formula is C12H22N2O2S2. The molecule has 6 heteroatoms. The highest BCUT2D eigenvalue weighted by Gasteiger charge is 2.30. The van der Waals surface area contributed by atoms with Crippen LogP contribution in [0.2, 0.25) is 0 Å². The van der Waals surface area contributed by atoms with E-state index in [0.29, 0.717) is 11.8 Å². The molecule has 0 saturated carbocycles. The summed E-state index contributed by atoms with van der Waals surface area (Å²) >= 11 is 2.94. The number of carbonyl (C=O) groups excluding carboxylic acids is 2. The van der Waals surface area contributed by atoms with E-state index in [0.717, 1.165) is 11.5 Å². The van der Waals surface area contributed by atoms with Gasteiger partial charge in [-0.1, -0.05) is 27.7 Å². The van der Waals surface area contributed by atoms with Crippen LogP contribution in [0.15, 0.2) is 0 Å². The van der Waals surface area contributed by atoms with Crippen molar-refractivity contribution in [2.24, 2.45) is 11.8 Å². The molecule has 1 aliphatic heterocycles. The van der Waals surface area contributed by atoms with Gasteiger partial charge in [0.25, 0.3) is 11.8 Å². The molecule has 0 atom stereocenters. The Kier molecular flexibility index (Phi) is 6.35. The lowest BCUT2D eigenvalue weighted by atomic mass is 10.3. The monoisotopic (exact) mass is 290 g/mol. The lowest BCUT2D eigenvalue weighted by molar-refractivity contribution is -0.140. The van der Waals surface area contributed by atoms with E-state index >= 15 is 0 Å². The predicted octanol–water partition coefficient (Wildman–Crippen LogP) is 2.27. The number of amides is 2. The van der Waals surface area contributed by atoms with Gasteiger partial charge in [-0.15, -0.1) is 0 Å². The van der Waals surface area contributed by atoms with Gasteiger partial charge in [0.1, 0.15) is 13.1 Å². The summed E-state index contributed by atoms with van der Waals surface area (Å²) in [4.78, 5) is 23.8. The Morgan fingerprint density at radius 1 is 0.889 bits per heavy atom. The molecule has 1 fully saturated rings. The molecule has 1 aliphatic rings. The van der Waals surface area contributed by atoms with Gasteiger partial charge in [0.05, 0.1) is 0 Å². The van der Waals surface area contributed by atoms with Crippen LogP contribution in [0.5, 0.6) is 0 Å². The summed E-state index contributed by atoms with van der Waals surface area (Å²) in [6, 6.07) is 0. The SMILES string of the molecule is CC(C)CSN1CC(=O)N(SCC(C)C)CC1=O. The molecule has 0 aromatic heterocycles. The van der Waals surface area contributed by atoms with E-state index in [1.54, 1.807) is 8.61 Å². The Morgan fingerprint density at radius 3 is 1.50 bits per heavy atom. The number of rotatable bonds is 6. The average molecular weight is 290 g/mol. The Hall–Kier alpha value is -0.360. The second-order valence-electron chi connectivity index (χ2n) is 5.24.